The number of ether oxygens (including phenoxy) is 1. The molecule has 1 rings (SSSR count). The van der Waals surface area contributed by atoms with E-state index in [-0.39, 0.29) is 40.1 Å². The topological polar surface area (TPSA) is 43.4 Å². The van der Waals surface area contributed by atoms with Gasteiger partial charge in [-0.1, -0.05) is 30.3 Å². The molecule has 1 aromatic rings. The van der Waals surface area contributed by atoms with Gasteiger partial charge in [-0.05, 0) is 0 Å². The third kappa shape index (κ3) is 4.12. The Labute approximate surface area is 109 Å². The number of hydrogen-bond donors (Lipinski definition) is 0. The second-order valence-electron chi connectivity index (χ2n) is 2.13. The van der Waals surface area contributed by atoms with E-state index in [1.165, 1.54) is 0 Å². The summed E-state index contributed by atoms with van der Waals surface area (Å²) >= 11 is 0. The molecule has 0 aliphatic rings. The van der Waals surface area contributed by atoms with Crippen LogP contribution < -0.4 is 0 Å². The minimum Gasteiger partial charge on any atom is -0.634 e. The Morgan fingerprint density at radius 2 is 1.64 bits per heavy atom. The van der Waals surface area contributed by atoms with Crippen LogP contribution >= 0.6 is 0 Å². The molecule has 0 N–H and O–H groups in total. The van der Waals surface area contributed by atoms with Crippen LogP contribution in [0.5, 0.6) is 0 Å². The van der Waals surface area contributed by atoms with Crippen molar-refractivity contribution in [3.8, 4) is 0 Å². The van der Waals surface area contributed by atoms with E-state index in [1.54, 1.807) is 30.3 Å². The van der Waals surface area contributed by atoms with Crippen molar-refractivity contribution >= 4 is 11.8 Å². The number of rotatable bonds is 2. The SMILES string of the molecule is [CH2-]OC(=O)C(=O)c1ccccc1.[CH3-].[Y]. The van der Waals surface area contributed by atoms with Crippen molar-refractivity contribution < 1.29 is 47.0 Å². The maximum atomic E-state index is 11.1. The fourth-order valence-corrected chi connectivity index (χ4v) is 0.773. The van der Waals surface area contributed by atoms with Gasteiger partial charge in [-0.25, -0.2) is 4.79 Å². The first kappa shape index (κ1) is 15.9. The molecule has 0 spiro atoms. The van der Waals surface area contributed by atoms with Gasteiger partial charge in [0.25, 0.3) is 5.78 Å². The Kier molecular flexibility index (Phi) is 8.90. The first-order valence-electron chi connectivity index (χ1n) is 3.31. The predicted octanol–water partition coefficient (Wildman–Crippen LogP) is 1.65. The zero-order valence-electron chi connectivity index (χ0n) is 7.90. The maximum absolute atomic E-state index is 11.1. The number of ketones is 1. The summed E-state index contributed by atoms with van der Waals surface area (Å²) in [6.07, 6.45) is 0. The summed E-state index contributed by atoms with van der Waals surface area (Å²) in [5, 5.41) is 0. The number of benzene rings is 1. The average molecular weight is 267 g/mol. The van der Waals surface area contributed by atoms with E-state index in [2.05, 4.69) is 11.8 Å². The minimum atomic E-state index is -0.943. The summed E-state index contributed by atoms with van der Waals surface area (Å²) in [5.74, 6) is -1.62. The molecule has 0 saturated heterocycles. The number of Topliss-reactive ketones (excluding diaryl/α,β-unsaturated/α-hetero) is 1. The van der Waals surface area contributed by atoms with Gasteiger partial charge in [-0.3, -0.25) is 4.79 Å². The molecule has 0 aromatic heterocycles. The van der Waals surface area contributed by atoms with E-state index >= 15 is 0 Å². The van der Waals surface area contributed by atoms with Crippen LogP contribution in [0.15, 0.2) is 30.3 Å². The maximum Gasteiger partial charge on any atom is 0.348 e. The van der Waals surface area contributed by atoms with Crippen LogP contribution in [0.2, 0.25) is 0 Å². The quantitative estimate of drug-likeness (QED) is 0.354. The van der Waals surface area contributed by atoms with Gasteiger partial charge in [-0.2, -0.15) is 7.11 Å². The Morgan fingerprint density at radius 1 is 1.14 bits per heavy atom. The standard InChI is InChI=1S/C9H7O3.CH3.Y/c1-12-9(11)8(10)7-5-3-2-4-6-7;;/h2-6H,1H2;1H3;/q2*-1;. The van der Waals surface area contributed by atoms with Crippen molar-refractivity contribution in [3.63, 3.8) is 0 Å². The van der Waals surface area contributed by atoms with Gasteiger partial charge in [0.05, 0.1) is 0 Å². The van der Waals surface area contributed by atoms with Gasteiger partial charge >= 0.3 is 5.97 Å². The monoisotopic (exact) mass is 267 g/mol. The van der Waals surface area contributed by atoms with Gasteiger partial charge in [0.2, 0.25) is 0 Å². The second kappa shape index (κ2) is 7.83. The second-order valence-corrected chi connectivity index (χ2v) is 2.13. The van der Waals surface area contributed by atoms with Crippen LogP contribution in [0.25, 0.3) is 0 Å². The zero-order chi connectivity index (χ0) is 8.97. The summed E-state index contributed by atoms with van der Waals surface area (Å²) in [5.41, 5.74) is 0.311. The number of carbonyl (C=O) groups is 2. The van der Waals surface area contributed by atoms with E-state index in [4.69, 9.17) is 0 Å². The summed E-state index contributed by atoms with van der Waals surface area (Å²) in [6, 6.07) is 8.18. The van der Waals surface area contributed by atoms with Crippen LogP contribution in [0.4, 0.5) is 0 Å². The van der Waals surface area contributed by atoms with E-state index in [9.17, 15) is 9.59 Å². The predicted molar refractivity (Wildman–Crippen MR) is 48.6 cm³/mol. The smallest absolute Gasteiger partial charge is 0.348 e. The third-order valence-corrected chi connectivity index (χ3v) is 1.35. The van der Waals surface area contributed by atoms with Crippen molar-refractivity contribution in [3.05, 3.63) is 50.4 Å². The third-order valence-electron chi connectivity index (χ3n) is 1.35. The molecule has 3 nitrogen and oxygen atoms in total. The van der Waals surface area contributed by atoms with Gasteiger partial charge in [0.15, 0.2) is 0 Å². The first-order chi connectivity index (χ1) is 5.75. The molecular formula is C10H10O3Y-2. The minimum absolute atomic E-state index is 0. The van der Waals surface area contributed by atoms with Crippen molar-refractivity contribution in [1.82, 2.24) is 0 Å². The number of carbonyl (C=O) groups excluding carboxylic acids is 2. The summed E-state index contributed by atoms with van der Waals surface area (Å²) in [7, 11) is 2.86. The Hall–Kier alpha value is -0.536. The molecule has 73 valence electrons. The molecule has 0 amide bonds. The molecule has 14 heavy (non-hydrogen) atoms. The molecule has 4 heteroatoms. The van der Waals surface area contributed by atoms with Crippen LogP contribution in [-0.2, 0) is 42.2 Å². The number of esters is 1. The Bertz CT molecular complexity index is 295. The summed E-state index contributed by atoms with van der Waals surface area (Å²) < 4.78 is 4.03. The molecule has 0 unspecified atom stereocenters. The first-order valence-corrected chi connectivity index (χ1v) is 3.31. The molecule has 0 bridgehead atoms. The van der Waals surface area contributed by atoms with Crippen molar-refractivity contribution in [2.75, 3.05) is 0 Å². The zero-order valence-corrected chi connectivity index (χ0v) is 10.7. The van der Waals surface area contributed by atoms with Crippen LogP contribution in [0.3, 0.4) is 0 Å². The average Bonchev–Trinajstić information content (AvgIpc) is 2.17. The van der Waals surface area contributed by atoms with Crippen molar-refractivity contribution in [2.24, 2.45) is 0 Å². The molecule has 1 aromatic carbocycles. The Morgan fingerprint density at radius 3 is 2.07 bits per heavy atom. The summed E-state index contributed by atoms with van der Waals surface area (Å²) in [6.45, 7) is 0. The van der Waals surface area contributed by atoms with Gasteiger partial charge in [-0.15, -0.1) is 0 Å². The molecule has 1 radical (unpaired) electrons. The fraction of sp³-hybridized carbons (Fsp3) is 0. The van der Waals surface area contributed by atoms with E-state index in [0.717, 1.165) is 0 Å². The number of hydrogen-bond acceptors (Lipinski definition) is 3. The van der Waals surface area contributed by atoms with E-state index < -0.39 is 11.8 Å². The summed E-state index contributed by atoms with van der Waals surface area (Å²) in [4.78, 5) is 21.7. The van der Waals surface area contributed by atoms with Crippen LogP contribution in [-0.4, -0.2) is 11.8 Å². The van der Waals surface area contributed by atoms with Crippen LogP contribution in [0.1, 0.15) is 10.4 Å². The molecule has 0 atom stereocenters. The van der Waals surface area contributed by atoms with Gasteiger partial charge in [0.1, 0.15) is 0 Å². The van der Waals surface area contributed by atoms with E-state index in [0.29, 0.717) is 5.56 Å². The van der Waals surface area contributed by atoms with Crippen molar-refractivity contribution in [1.29, 1.82) is 0 Å². The van der Waals surface area contributed by atoms with Gasteiger partial charge < -0.3 is 12.2 Å². The molecule has 0 saturated carbocycles. The fourth-order valence-electron chi connectivity index (χ4n) is 0.773. The van der Waals surface area contributed by atoms with Crippen LogP contribution in [0, 0.1) is 14.5 Å². The largest absolute Gasteiger partial charge is 0.634 e. The Balaban J connectivity index is 0. The molecule has 0 aliphatic carbocycles. The molecule has 0 fully saturated rings. The molecule has 0 heterocycles. The molecular weight excluding hydrogens is 257 g/mol. The molecule has 0 aliphatic heterocycles. The van der Waals surface area contributed by atoms with Gasteiger partial charge in [0, 0.05) is 38.3 Å². The van der Waals surface area contributed by atoms with Crippen molar-refractivity contribution in [2.45, 2.75) is 0 Å². The van der Waals surface area contributed by atoms with E-state index in [1.807, 2.05) is 0 Å². The normalized spacial score (nSPS) is 7.79.